The normalized spacial score (nSPS) is 15.3. The van der Waals surface area contributed by atoms with Crippen LogP contribution in [0, 0.1) is 5.92 Å². The first-order chi connectivity index (χ1) is 9.37. The van der Waals surface area contributed by atoms with Gasteiger partial charge in [0.2, 0.25) is 10.0 Å². The molecule has 1 fully saturated rings. The van der Waals surface area contributed by atoms with Gasteiger partial charge >= 0.3 is 0 Å². The fourth-order valence-corrected chi connectivity index (χ4v) is 2.39. The summed E-state index contributed by atoms with van der Waals surface area (Å²) in [5.74, 6) is 0.529. The summed E-state index contributed by atoms with van der Waals surface area (Å²) in [6.45, 7) is 1.06. The summed E-state index contributed by atoms with van der Waals surface area (Å²) in [5.41, 5.74) is -0.0126. The van der Waals surface area contributed by atoms with E-state index in [9.17, 15) is 13.2 Å². The molecule has 1 aliphatic carbocycles. The van der Waals surface area contributed by atoms with Gasteiger partial charge in [-0.1, -0.05) is 11.6 Å². The molecule has 0 aliphatic heterocycles. The Kier molecular flexibility index (Phi) is 4.66. The van der Waals surface area contributed by atoms with Crippen molar-refractivity contribution in [3.8, 4) is 0 Å². The molecule has 9 heteroatoms. The van der Waals surface area contributed by atoms with Crippen molar-refractivity contribution in [2.75, 3.05) is 24.7 Å². The molecule has 0 radical (unpaired) electrons. The van der Waals surface area contributed by atoms with Crippen LogP contribution in [0.4, 0.5) is 5.69 Å². The second-order valence-corrected chi connectivity index (χ2v) is 7.13. The molecule has 7 nitrogen and oxygen atoms in total. The maximum atomic E-state index is 12.2. The molecule has 20 heavy (non-hydrogen) atoms. The summed E-state index contributed by atoms with van der Waals surface area (Å²) in [5, 5.41) is 7.10. The van der Waals surface area contributed by atoms with Crippen molar-refractivity contribution in [1.29, 1.82) is 0 Å². The van der Waals surface area contributed by atoms with Gasteiger partial charge in [-0.05, 0) is 18.8 Å². The van der Waals surface area contributed by atoms with Crippen molar-refractivity contribution >= 4 is 27.3 Å². The molecule has 1 aromatic rings. The molecule has 1 aromatic heterocycles. The Morgan fingerprint density at radius 1 is 1.45 bits per heavy atom. The molecule has 0 unspecified atom stereocenters. The molecule has 0 spiro atoms. The molecule has 1 aliphatic rings. The topological polar surface area (TPSA) is 93.1 Å². The molecule has 0 amide bonds. The monoisotopic (exact) mass is 320 g/mol. The first-order valence-corrected chi connectivity index (χ1v) is 8.58. The van der Waals surface area contributed by atoms with E-state index in [4.69, 9.17) is 11.6 Å². The zero-order valence-electron chi connectivity index (χ0n) is 11.1. The third-order valence-corrected chi connectivity index (χ3v) is 3.93. The summed E-state index contributed by atoms with van der Waals surface area (Å²) >= 11 is 5.95. The van der Waals surface area contributed by atoms with Crippen molar-refractivity contribution < 1.29 is 8.42 Å². The van der Waals surface area contributed by atoms with E-state index in [0.29, 0.717) is 12.5 Å². The molecule has 2 rings (SSSR count). The van der Waals surface area contributed by atoms with Gasteiger partial charge in [-0.25, -0.2) is 17.8 Å². The number of halogens is 1. The van der Waals surface area contributed by atoms with Crippen LogP contribution in [0.15, 0.2) is 11.0 Å². The number of hydrogen-bond donors (Lipinski definition) is 2. The van der Waals surface area contributed by atoms with E-state index < -0.39 is 10.0 Å². The lowest BCUT2D eigenvalue weighted by atomic mass is 10.4. The van der Waals surface area contributed by atoms with E-state index in [2.05, 4.69) is 15.1 Å². The number of nitrogens with one attached hydrogen (secondary N) is 2. The predicted octanol–water partition coefficient (Wildman–Crippen LogP) is 0.268. The van der Waals surface area contributed by atoms with Crippen LogP contribution in [0.3, 0.4) is 0 Å². The summed E-state index contributed by atoms with van der Waals surface area (Å²) < 4.78 is 25.6. The number of rotatable bonds is 7. The van der Waals surface area contributed by atoms with Gasteiger partial charge in [-0.3, -0.25) is 4.79 Å². The molecule has 1 heterocycles. The lowest BCUT2D eigenvalue weighted by Gasteiger charge is -2.10. The zero-order valence-corrected chi connectivity index (χ0v) is 12.7. The van der Waals surface area contributed by atoms with Crippen LogP contribution in [0.1, 0.15) is 12.8 Å². The minimum absolute atomic E-state index is 0.180. The Morgan fingerprint density at radius 3 is 2.75 bits per heavy atom. The number of aromatic nitrogens is 2. The minimum Gasteiger partial charge on any atom is -0.378 e. The highest BCUT2D eigenvalue weighted by atomic mass is 35.5. The van der Waals surface area contributed by atoms with Crippen molar-refractivity contribution in [1.82, 2.24) is 14.5 Å². The third kappa shape index (κ3) is 4.46. The van der Waals surface area contributed by atoms with E-state index in [1.807, 2.05) is 0 Å². The predicted molar refractivity (Wildman–Crippen MR) is 77.6 cm³/mol. The summed E-state index contributed by atoms with van der Waals surface area (Å²) in [6.07, 6.45) is 4.75. The van der Waals surface area contributed by atoms with E-state index in [1.54, 1.807) is 0 Å². The Hall–Kier alpha value is -1.12. The molecule has 0 atom stereocenters. The lowest BCUT2D eigenvalue weighted by Crippen LogP contribution is -2.31. The van der Waals surface area contributed by atoms with Gasteiger partial charge in [0.15, 0.2) is 0 Å². The van der Waals surface area contributed by atoms with Gasteiger partial charge in [0.05, 0.1) is 17.5 Å². The molecule has 0 saturated heterocycles. The Bertz CT molecular complexity index is 640. The first-order valence-electron chi connectivity index (χ1n) is 6.31. The van der Waals surface area contributed by atoms with E-state index >= 15 is 0 Å². The second-order valence-electron chi connectivity index (χ2n) is 4.89. The standard InChI is InChI=1S/C11H17ClN4O3S/c1-20(18,19)15-5-4-13-10-9(12)6-14-16(11(10)17)7-8-2-3-8/h6,8,13,15H,2-5,7H2,1H3. The van der Waals surface area contributed by atoms with Crippen LogP contribution in [-0.4, -0.2) is 37.5 Å². The maximum Gasteiger partial charge on any atom is 0.291 e. The van der Waals surface area contributed by atoms with Crippen molar-refractivity contribution in [2.24, 2.45) is 5.92 Å². The zero-order chi connectivity index (χ0) is 14.8. The van der Waals surface area contributed by atoms with Crippen LogP contribution in [0.25, 0.3) is 0 Å². The molecule has 112 valence electrons. The van der Waals surface area contributed by atoms with Crippen LogP contribution in [0.2, 0.25) is 5.02 Å². The van der Waals surface area contributed by atoms with Gasteiger partial charge in [-0.15, -0.1) is 0 Å². The minimum atomic E-state index is -3.23. The average Bonchev–Trinajstić information content (AvgIpc) is 3.14. The highest BCUT2D eigenvalue weighted by Crippen LogP contribution is 2.30. The third-order valence-electron chi connectivity index (χ3n) is 2.92. The summed E-state index contributed by atoms with van der Waals surface area (Å²) in [7, 11) is -3.23. The Morgan fingerprint density at radius 2 is 2.15 bits per heavy atom. The van der Waals surface area contributed by atoms with Crippen LogP contribution in [-0.2, 0) is 16.6 Å². The molecule has 1 saturated carbocycles. The largest absolute Gasteiger partial charge is 0.378 e. The lowest BCUT2D eigenvalue weighted by molar-refractivity contribution is 0.534. The van der Waals surface area contributed by atoms with E-state index in [1.165, 1.54) is 10.9 Å². The smallest absolute Gasteiger partial charge is 0.291 e. The highest BCUT2D eigenvalue weighted by Gasteiger charge is 2.23. The molecular formula is C11H17ClN4O3S. The number of nitrogens with zero attached hydrogens (tertiary/aromatic N) is 2. The Labute approximate surface area is 122 Å². The van der Waals surface area contributed by atoms with Crippen LogP contribution in [0.5, 0.6) is 0 Å². The summed E-state index contributed by atoms with van der Waals surface area (Å²) in [6, 6.07) is 0. The number of sulfonamides is 1. The van der Waals surface area contributed by atoms with Crippen LogP contribution < -0.4 is 15.6 Å². The van der Waals surface area contributed by atoms with Crippen molar-refractivity contribution in [3.63, 3.8) is 0 Å². The van der Waals surface area contributed by atoms with Gasteiger partial charge in [0.1, 0.15) is 5.69 Å². The highest BCUT2D eigenvalue weighted by molar-refractivity contribution is 7.88. The summed E-state index contributed by atoms with van der Waals surface area (Å²) in [4.78, 5) is 12.2. The molecule has 0 bridgehead atoms. The second kappa shape index (κ2) is 6.11. The first kappa shape index (κ1) is 15.3. The molecule has 0 aromatic carbocycles. The maximum absolute atomic E-state index is 12.2. The van der Waals surface area contributed by atoms with Crippen LogP contribution >= 0.6 is 11.6 Å². The fraction of sp³-hybridized carbons (Fsp3) is 0.636. The average molecular weight is 321 g/mol. The number of anilines is 1. The van der Waals surface area contributed by atoms with Crippen molar-refractivity contribution in [2.45, 2.75) is 19.4 Å². The molecular weight excluding hydrogens is 304 g/mol. The van der Waals surface area contributed by atoms with Gasteiger partial charge in [-0.2, -0.15) is 5.10 Å². The van der Waals surface area contributed by atoms with E-state index in [-0.39, 0.29) is 29.4 Å². The Balaban J connectivity index is 2.00. The fourth-order valence-electron chi connectivity index (χ4n) is 1.73. The molecule has 2 N–H and O–H groups in total. The van der Waals surface area contributed by atoms with Crippen molar-refractivity contribution in [3.05, 3.63) is 21.6 Å². The van der Waals surface area contributed by atoms with Gasteiger partial charge < -0.3 is 5.32 Å². The van der Waals surface area contributed by atoms with E-state index in [0.717, 1.165) is 19.1 Å². The number of hydrogen-bond acceptors (Lipinski definition) is 5. The quantitative estimate of drug-likeness (QED) is 0.703. The van der Waals surface area contributed by atoms with Gasteiger partial charge in [0, 0.05) is 19.6 Å². The SMILES string of the molecule is CS(=O)(=O)NCCNc1c(Cl)cnn(CC2CC2)c1=O. The van der Waals surface area contributed by atoms with Gasteiger partial charge in [0.25, 0.3) is 5.56 Å².